The third kappa shape index (κ3) is 3.54. The van der Waals surface area contributed by atoms with Gasteiger partial charge in [0.05, 0.1) is 18.4 Å². The van der Waals surface area contributed by atoms with Crippen molar-refractivity contribution in [2.24, 2.45) is 4.99 Å². The molecule has 0 aliphatic carbocycles. The van der Waals surface area contributed by atoms with E-state index in [0.29, 0.717) is 42.6 Å². The molecule has 5 rings (SSSR count). The number of hydrogen-bond donors (Lipinski definition) is 1. The topological polar surface area (TPSA) is 119 Å². The lowest BCUT2D eigenvalue weighted by Gasteiger charge is -2.19. The van der Waals surface area contributed by atoms with Gasteiger partial charge in [-0.2, -0.15) is 0 Å². The van der Waals surface area contributed by atoms with E-state index in [-0.39, 0.29) is 18.6 Å². The van der Waals surface area contributed by atoms with Gasteiger partial charge in [0.15, 0.2) is 11.5 Å². The summed E-state index contributed by atoms with van der Waals surface area (Å²) in [6, 6.07) is 4.70. The number of nitrogens with zero attached hydrogens (tertiary/aromatic N) is 4. The molecule has 11 heteroatoms. The molecule has 3 aliphatic rings. The van der Waals surface area contributed by atoms with Crippen molar-refractivity contribution in [1.82, 2.24) is 15.0 Å². The lowest BCUT2D eigenvalue weighted by Crippen LogP contribution is -2.32. The van der Waals surface area contributed by atoms with Crippen molar-refractivity contribution < 1.29 is 28.3 Å². The third-order valence-electron chi connectivity index (χ3n) is 5.18. The summed E-state index contributed by atoms with van der Waals surface area (Å²) in [6.45, 7) is 4.94. The summed E-state index contributed by atoms with van der Waals surface area (Å²) in [5.74, 6) is 1.43. The molecule has 2 aromatic rings. The monoisotopic (exact) mass is 425 g/mol. The Morgan fingerprint density at radius 3 is 2.84 bits per heavy atom. The number of ether oxygens (including phenoxy) is 3. The second kappa shape index (κ2) is 7.35. The van der Waals surface area contributed by atoms with Gasteiger partial charge in [-0.15, -0.1) is 4.99 Å². The predicted octanol–water partition coefficient (Wildman–Crippen LogP) is 2.12. The molecule has 1 aromatic carbocycles. The Balaban J connectivity index is 1.26. The maximum atomic E-state index is 12.6. The SMILES string of the molecule is Cc1noc(C)c1CN1CCN2C=C(C(=O)Nc3ccc4c(c3)OCO4)OC2=NC1=O. The van der Waals surface area contributed by atoms with Gasteiger partial charge >= 0.3 is 12.1 Å². The van der Waals surface area contributed by atoms with E-state index < -0.39 is 11.9 Å². The predicted molar refractivity (Wildman–Crippen MR) is 106 cm³/mol. The fourth-order valence-corrected chi connectivity index (χ4v) is 3.44. The third-order valence-corrected chi connectivity index (χ3v) is 5.18. The number of amidine groups is 1. The highest BCUT2D eigenvalue weighted by Gasteiger charge is 2.32. The molecule has 11 nitrogen and oxygen atoms in total. The maximum Gasteiger partial charge on any atom is 0.348 e. The molecule has 0 saturated heterocycles. The zero-order valence-electron chi connectivity index (χ0n) is 16.9. The zero-order valence-corrected chi connectivity index (χ0v) is 16.9. The summed E-state index contributed by atoms with van der Waals surface area (Å²) in [5.41, 5.74) is 2.13. The van der Waals surface area contributed by atoms with Crippen molar-refractivity contribution in [1.29, 1.82) is 0 Å². The van der Waals surface area contributed by atoms with Gasteiger partial charge in [0.1, 0.15) is 5.76 Å². The van der Waals surface area contributed by atoms with E-state index >= 15 is 0 Å². The highest BCUT2D eigenvalue weighted by molar-refractivity contribution is 6.06. The van der Waals surface area contributed by atoms with Crippen LogP contribution >= 0.6 is 0 Å². The number of hydrogen-bond acceptors (Lipinski definition) is 8. The molecule has 0 unspecified atom stereocenters. The van der Waals surface area contributed by atoms with Crippen LogP contribution < -0.4 is 14.8 Å². The number of carbonyl (C=O) groups is 2. The average Bonchev–Trinajstić information content (AvgIpc) is 3.43. The number of aryl methyl sites for hydroxylation is 2. The molecule has 4 heterocycles. The number of aliphatic imine (C=N–C) groups is 1. The first-order valence-electron chi connectivity index (χ1n) is 9.64. The Bertz CT molecular complexity index is 1120. The molecule has 3 aliphatic heterocycles. The number of urea groups is 1. The van der Waals surface area contributed by atoms with Crippen LogP contribution in [0.2, 0.25) is 0 Å². The minimum atomic E-state index is -0.463. The molecule has 0 atom stereocenters. The second-order valence-electron chi connectivity index (χ2n) is 7.21. The van der Waals surface area contributed by atoms with Crippen molar-refractivity contribution in [2.45, 2.75) is 20.4 Å². The van der Waals surface area contributed by atoms with E-state index in [2.05, 4.69) is 15.5 Å². The molecule has 160 valence electrons. The van der Waals surface area contributed by atoms with Crippen molar-refractivity contribution in [2.75, 3.05) is 25.2 Å². The molecule has 0 fully saturated rings. The van der Waals surface area contributed by atoms with E-state index in [0.717, 1.165) is 11.3 Å². The normalized spacial score (nSPS) is 17.0. The molecule has 0 saturated carbocycles. The Hall–Kier alpha value is -4.02. The highest BCUT2D eigenvalue weighted by atomic mass is 16.7. The first-order chi connectivity index (χ1) is 15.0. The van der Waals surface area contributed by atoms with E-state index in [9.17, 15) is 9.59 Å². The van der Waals surface area contributed by atoms with E-state index in [1.807, 2.05) is 6.92 Å². The average molecular weight is 425 g/mol. The maximum absolute atomic E-state index is 12.6. The van der Waals surface area contributed by atoms with Crippen molar-refractivity contribution in [3.63, 3.8) is 0 Å². The Morgan fingerprint density at radius 2 is 2.03 bits per heavy atom. The van der Waals surface area contributed by atoms with Crippen LogP contribution in [0.1, 0.15) is 17.0 Å². The molecule has 0 radical (unpaired) electrons. The Labute approximate surface area is 176 Å². The number of benzene rings is 1. The zero-order chi connectivity index (χ0) is 21.5. The molecule has 1 N–H and O–H groups in total. The molecule has 31 heavy (non-hydrogen) atoms. The minimum Gasteiger partial charge on any atom is -0.454 e. The van der Waals surface area contributed by atoms with E-state index in [4.69, 9.17) is 18.7 Å². The van der Waals surface area contributed by atoms with Gasteiger partial charge in [0.25, 0.3) is 5.91 Å². The summed E-state index contributed by atoms with van der Waals surface area (Å²) in [6.07, 6.45) is 1.54. The summed E-state index contributed by atoms with van der Waals surface area (Å²) in [4.78, 5) is 32.5. The minimum absolute atomic E-state index is 0.0448. The standard InChI is InChI=1S/C20H19N5O6/c1-11-14(12(2)31-23-11)8-24-5-6-25-9-17(30-20(25)22-19(24)27)18(26)21-13-3-4-15-16(7-13)29-10-28-15/h3-4,7,9H,5-6,8,10H2,1-2H3,(H,21,26). The summed E-state index contributed by atoms with van der Waals surface area (Å²) in [7, 11) is 0. The lowest BCUT2D eigenvalue weighted by atomic mass is 10.2. The first-order valence-corrected chi connectivity index (χ1v) is 9.64. The number of aromatic nitrogens is 1. The number of anilines is 1. The van der Waals surface area contributed by atoms with Gasteiger partial charge in [0.2, 0.25) is 12.6 Å². The number of nitrogens with one attached hydrogen (secondary N) is 1. The van der Waals surface area contributed by atoms with Gasteiger partial charge in [-0.1, -0.05) is 5.16 Å². The molecule has 1 aromatic heterocycles. The van der Waals surface area contributed by atoms with Crippen LogP contribution in [0.3, 0.4) is 0 Å². The molecular weight excluding hydrogens is 406 g/mol. The molecular formula is C20H19N5O6. The van der Waals surface area contributed by atoms with E-state index in [1.54, 1.807) is 34.9 Å². The van der Waals surface area contributed by atoms with Gasteiger partial charge in [-0.25, -0.2) is 4.79 Å². The molecule has 0 spiro atoms. The smallest absolute Gasteiger partial charge is 0.348 e. The van der Waals surface area contributed by atoms with E-state index in [1.165, 1.54) is 6.20 Å². The highest BCUT2D eigenvalue weighted by Crippen LogP contribution is 2.34. The summed E-state index contributed by atoms with van der Waals surface area (Å²) < 4.78 is 21.3. The Kier molecular flexibility index (Phi) is 4.50. The van der Waals surface area contributed by atoms with Crippen molar-refractivity contribution in [3.8, 4) is 11.5 Å². The number of amides is 3. The van der Waals surface area contributed by atoms with Gasteiger partial charge in [-0.05, 0) is 26.0 Å². The number of rotatable bonds is 4. The fraction of sp³-hybridized carbons (Fsp3) is 0.300. The Morgan fingerprint density at radius 1 is 1.19 bits per heavy atom. The molecule has 0 bridgehead atoms. The fourth-order valence-electron chi connectivity index (χ4n) is 3.44. The lowest BCUT2D eigenvalue weighted by molar-refractivity contribution is -0.114. The van der Waals surface area contributed by atoms with Gasteiger partial charge < -0.3 is 29.0 Å². The van der Waals surface area contributed by atoms with Crippen LogP contribution in [-0.4, -0.2) is 52.8 Å². The van der Waals surface area contributed by atoms with Crippen LogP contribution in [-0.2, 0) is 16.1 Å². The molecule has 3 amide bonds. The van der Waals surface area contributed by atoms with Crippen LogP contribution in [0, 0.1) is 13.8 Å². The summed E-state index contributed by atoms with van der Waals surface area (Å²) >= 11 is 0. The number of carbonyl (C=O) groups excluding carboxylic acids is 2. The van der Waals surface area contributed by atoms with Gasteiger partial charge in [-0.3, -0.25) is 9.69 Å². The van der Waals surface area contributed by atoms with Gasteiger partial charge in [0, 0.05) is 30.4 Å². The van der Waals surface area contributed by atoms with Crippen LogP contribution in [0.5, 0.6) is 11.5 Å². The summed E-state index contributed by atoms with van der Waals surface area (Å²) in [5, 5.41) is 6.66. The van der Waals surface area contributed by atoms with Crippen molar-refractivity contribution >= 4 is 23.6 Å². The second-order valence-corrected chi connectivity index (χ2v) is 7.21. The largest absolute Gasteiger partial charge is 0.454 e. The quantitative estimate of drug-likeness (QED) is 0.791. The van der Waals surface area contributed by atoms with Crippen LogP contribution in [0.15, 0.2) is 39.7 Å². The number of fused-ring (bicyclic) bond motifs is 2. The van der Waals surface area contributed by atoms with Crippen molar-refractivity contribution in [3.05, 3.63) is 47.2 Å². The first kappa shape index (κ1) is 19.0. The van der Waals surface area contributed by atoms with Crippen LogP contribution in [0.25, 0.3) is 0 Å². The van der Waals surface area contributed by atoms with Crippen LogP contribution in [0.4, 0.5) is 10.5 Å².